The Morgan fingerprint density at radius 1 is 0.360 bits per heavy atom. The first-order chi connectivity index (χ1) is 65.0. The fourth-order valence-corrected chi connectivity index (χ4v) is 20.6. The highest BCUT2D eigenvalue weighted by Crippen LogP contribution is 2.42. The van der Waals surface area contributed by atoms with E-state index in [4.69, 9.17) is 5.11 Å². The van der Waals surface area contributed by atoms with Crippen LogP contribution in [0.25, 0.3) is 106 Å². The first-order valence-corrected chi connectivity index (χ1v) is 46.7. The molecule has 0 radical (unpaired) electrons. The third-order valence-electron chi connectivity index (χ3n) is 27.9. The van der Waals surface area contributed by atoms with Gasteiger partial charge in [0.1, 0.15) is 46.8 Å². The second-order valence-corrected chi connectivity index (χ2v) is 35.9. The average molecular weight is 1840 g/mol. The Morgan fingerprint density at radius 2 is 0.691 bits per heavy atom. The molecule has 15 aromatic rings. The molecule has 4 fully saturated rings. The Balaban J connectivity index is 0.000000129. The maximum atomic E-state index is 12.2. The highest BCUT2D eigenvalue weighted by Gasteiger charge is 2.31. The van der Waals surface area contributed by atoms with Gasteiger partial charge in [0.25, 0.3) is 33.4 Å². The van der Waals surface area contributed by atoms with Crippen LogP contribution < -0.4 is 48.1 Å². The molecule has 5 aliphatic rings. The normalized spacial score (nSPS) is 15.6. The minimum Gasteiger partial charge on any atom is -0.477 e. The van der Waals surface area contributed by atoms with Gasteiger partial charge in [-0.2, -0.15) is 0 Å². The van der Waals surface area contributed by atoms with E-state index in [1.165, 1.54) is 128 Å². The van der Waals surface area contributed by atoms with Crippen LogP contribution in [0.4, 0.5) is 0 Å². The Labute approximate surface area is 784 Å². The monoisotopic (exact) mass is 1840 g/mol. The largest absolute Gasteiger partial charge is 0.477 e. The number of aromatic carboxylic acids is 5. The first kappa shape index (κ1) is 96.3. The zero-order valence-electron chi connectivity index (χ0n) is 77.7. The molecule has 2 saturated carbocycles. The van der Waals surface area contributed by atoms with E-state index in [0.717, 1.165) is 146 Å². The van der Waals surface area contributed by atoms with Crippen molar-refractivity contribution in [2.75, 3.05) is 39.8 Å². The molecule has 2 aliphatic carbocycles. The molecule has 2 atom stereocenters. The van der Waals surface area contributed by atoms with E-state index < -0.39 is 57.6 Å². The molecule has 30 nitrogen and oxygen atoms in total. The van der Waals surface area contributed by atoms with Crippen molar-refractivity contribution in [2.45, 2.75) is 175 Å². The summed E-state index contributed by atoms with van der Waals surface area (Å²) in [5.74, 6) is -4.75. The number of nitrogens with one attached hydrogen (secondary N) is 8. The number of hydrogen-bond donors (Lipinski definition) is 13. The van der Waals surface area contributed by atoms with Crippen molar-refractivity contribution in [2.24, 2.45) is 28.2 Å². The lowest BCUT2D eigenvalue weighted by atomic mass is 10.0. The molecular weight excluding hydrogens is 1720 g/mol. The molecule has 0 amide bonds. The molecule has 0 bridgehead atoms. The first-order valence-electron chi connectivity index (χ1n) is 46.7. The van der Waals surface area contributed by atoms with E-state index in [-0.39, 0.29) is 41.3 Å². The smallest absolute Gasteiger partial charge is 0.341 e. The summed E-state index contributed by atoms with van der Waals surface area (Å²) in [7, 11) is 10.6. The van der Waals surface area contributed by atoms with Crippen LogP contribution in [0, 0.1) is 0 Å². The summed E-state index contributed by atoms with van der Waals surface area (Å²) in [4.78, 5) is 133. The summed E-state index contributed by atoms with van der Waals surface area (Å²) >= 11 is 0. The van der Waals surface area contributed by atoms with Crippen LogP contribution in [0.2, 0.25) is 0 Å². The Hall–Kier alpha value is -14.3. The molecule has 13 N–H and O–H groups in total. The predicted molar refractivity (Wildman–Crippen MR) is 530 cm³/mol. The minimum absolute atomic E-state index is 0. The summed E-state index contributed by atoms with van der Waals surface area (Å²) in [6, 6.07) is 45.7. The van der Waals surface area contributed by atoms with Gasteiger partial charge in [-0.05, 0) is 255 Å². The maximum absolute atomic E-state index is 12.2. The van der Waals surface area contributed by atoms with Crippen molar-refractivity contribution < 1.29 is 53.9 Å². The third kappa shape index (κ3) is 19.3. The van der Waals surface area contributed by atoms with Gasteiger partial charge < -0.3 is 84.7 Å². The molecule has 20 rings (SSSR count). The zero-order valence-corrected chi connectivity index (χ0v) is 77.7. The van der Waals surface area contributed by atoms with Crippen molar-refractivity contribution in [1.29, 1.82) is 0 Å². The number of carboxylic acids is 5. The van der Waals surface area contributed by atoms with Gasteiger partial charge in [0.15, 0.2) is 5.69 Å². The van der Waals surface area contributed by atoms with Crippen LogP contribution in [0.1, 0.15) is 238 Å². The van der Waals surface area contributed by atoms with Crippen LogP contribution in [0.15, 0.2) is 176 Å². The van der Waals surface area contributed by atoms with Gasteiger partial charge in [-0.1, -0.05) is 92.0 Å². The van der Waals surface area contributed by atoms with E-state index in [1.807, 2.05) is 83.3 Å². The predicted octanol–water partition coefficient (Wildman–Crippen LogP) is 16.1. The lowest BCUT2D eigenvalue weighted by Gasteiger charge is -2.25. The number of benzene rings is 4. The molecule has 4 aromatic carbocycles. The number of H-pyrrole nitrogens is 5. The quantitative estimate of drug-likeness (QED) is 0.0334. The van der Waals surface area contributed by atoms with Crippen LogP contribution in [0.5, 0.6) is 0 Å². The summed E-state index contributed by atoms with van der Waals surface area (Å²) in [6.45, 7) is 16.4. The van der Waals surface area contributed by atoms with Gasteiger partial charge in [-0.25, -0.2) is 32.9 Å². The highest BCUT2D eigenvalue weighted by atomic mass is 16.4. The molecule has 708 valence electrons. The summed E-state index contributed by atoms with van der Waals surface area (Å²) < 4.78 is 13.3. The second kappa shape index (κ2) is 40.9. The number of nitrogens with zero attached hydrogens (tertiary/aromatic N) is 7. The van der Waals surface area contributed by atoms with Crippen LogP contribution in [-0.2, 0) is 73.4 Å². The number of imidazole rings is 1. The van der Waals surface area contributed by atoms with Crippen molar-refractivity contribution in [3.63, 3.8) is 0 Å². The van der Waals surface area contributed by atoms with E-state index in [9.17, 15) is 68.4 Å². The average Bonchev–Trinajstić information content (AvgIpc) is 1.64. The molecule has 0 spiro atoms. The highest BCUT2D eigenvalue weighted by molar-refractivity contribution is 5.95. The number of carbonyl (C=O) groups is 5. The molecule has 2 saturated heterocycles. The number of likely N-dealkylation sites (tertiary alicyclic amines) is 1. The number of aromatic nitrogens is 11. The van der Waals surface area contributed by atoms with Gasteiger partial charge in [0.05, 0.1) is 41.1 Å². The molecule has 3 aliphatic heterocycles. The number of hydrogen-bond acceptors (Lipinski definition) is 14. The standard InChI is InChI=1S/C22H25N3O3.2C22H24N2O3.C21H24N4O3.C18H18N4O3.CH4/c1-4-13-11-16(22(27)28)21(26)23-20(13)14-7-8-17-15(10-14)12-19(25(17)3)18-6-5-9-24(18)2;2*1-3-13-11-17(22(26)27)21(25)23-20(13)15-8-9-18-16(10-15)12-19(24(18)2)14-6-4-5-7-14;1-3-12-9-15(21(27)28)20(26)24-19(12)13-4-5-17-14(8-13)10-18(25(17)2)16-11-22-6-7-23-16;1-2-11-7-14(18(24)25)17(23)20-16(11)12-3-4-15-21(9-12)10-13-8-19-5-6-22(13)15;/h7-8,10-12,18H,4-6,9H2,1-3H3,(H,23,26)(H,27,28);2*8-12,14H,3-7H2,1-2H3,(H,23,25)(H,26,27);4-5,8-10,16,22-23H,3,6-7,11H2,1-2H3,(H,24,26)(H,27,28);3-4,7,9-10,19H,2,5-6,8H2,1H3,(H-,20,23,24,25);1H4/p+1/t18-;;;;;/m1...../s1. The Bertz CT molecular complexity index is 7310. The van der Waals surface area contributed by atoms with Crippen molar-refractivity contribution in [3.05, 3.63) is 288 Å². The van der Waals surface area contributed by atoms with Gasteiger partial charge in [-0.3, -0.25) is 28.9 Å². The van der Waals surface area contributed by atoms with E-state index in [0.29, 0.717) is 78.5 Å². The summed E-state index contributed by atoms with van der Waals surface area (Å²) in [6.07, 6.45) is 19.8. The molecule has 136 heavy (non-hydrogen) atoms. The topological polar surface area (TPSA) is 419 Å². The Morgan fingerprint density at radius 3 is 1.02 bits per heavy atom. The van der Waals surface area contributed by atoms with E-state index in [1.54, 1.807) is 0 Å². The van der Waals surface area contributed by atoms with Gasteiger partial charge in [0, 0.05) is 138 Å². The van der Waals surface area contributed by atoms with Crippen LogP contribution in [-0.4, -0.2) is 148 Å². The van der Waals surface area contributed by atoms with E-state index >= 15 is 0 Å². The van der Waals surface area contributed by atoms with Crippen molar-refractivity contribution in [1.82, 2.24) is 68.6 Å². The lowest BCUT2D eigenvalue weighted by molar-refractivity contribution is -0.510. The molecular formula is C106H120N15O15+. The molecule has 14 heterocycles. The number of fused-ring (bicyclic) bond motifs is 7. The van der Waals surface area contributed by atoms with Crippen LogP contribution >= 0.6 is 0 Å². The van der Waals surface area contributed by atoms with E-state index in [2.05, 4.69) is 181 Å². The van der Waals surface area contributed by atoms with Crippen LogP contribution in [0.3, 0.4) is 0 Å². The number of aromatic amines is 5. The molecule has 11 aromatic heterocycles. The molecule has 1 unspecified atom stereocenters. The number of carboxylic acid groups (broad SMARTS) is 5. The van der Waals surface area contributed by atoms with Gasteiger partial charge in [-0.15, -0.1) is 0 Å². The minimum atomic E-state index is -1.21. The number of rotatable bonds is 19. The van der Waals surface area contributed by atoms with Gasteiger partial charge >= 0.3 is 29.8 Å². The fourth-order valence-electron chi connectivity index (χ4n) is 20.6. The number of pyridine rings is 6. The zero-order chi connectivity index (χ0) is 95.6. The number of piperazine rings is 1. The Kier molecular flexibility index (Phi) is 28.9. The van der Waals surface area contributed by atoms with Crippen molar-refractivity contribution >= 4 is 79.1 Å². The summed E-state index contributed by atoms with van der Waals surface area (Å²) in [5.41, 5.74) is 20.4. The number of aryl methyl sites for hydroxylation is 9. The van der Waals surface area contributed by atoms with Gasteiger partial charge in [0.2, 0.25) is 0 Å². The maximum Gasteiger partial charge on any atom is 0.341 e. The molecule has 30 heteroatoms. The summed E-state index contributed by atoms with van der Waals surface area (Å²) in [5, 5.41) is 60.8. The fraction of sp³-hybridized carbons (Fsp3) is 0.349. The SMILES string of the molecule is C.CCc1cc(C(=O)O)c(=O)[nH]c1-c1ccc2c(c1)cc(C1CCCC1)n2C.CCc1cc(C(=O)O)c(=O)[nH]c1-c1ccc2c(c1)cc(C1CCCC1)n2C.CCc1cc(C(=O)O)c(=O)[nH]c1-c1ccc2c(c1)cc(C1CNCCN1)n2C.CCc1cc(C(=O)O)c(=O)[nH]c1-c1ccc2c(c1)cc([C@H]1CCCN1C)n2C.CCc1cc(C(=O)O)c(=O)[nH]c1-c1ccc2n3c(c[n+]2c1)CNCC3. The third-order valence-corrected chi connectivity index (χ3v) is 27.9. The van der Waals surface area contributed by atoms with Crippen molar-refractivity contribution in [3.8, 4) is 56.3 Å². The second-order valence-electron chi connectivity index (χ2n) is 35.9. The lowest BCUT2D eigenvalue weighted by Crippen LogP contribution is -2.43.